The monoisotopic (exact) mass is 1590 g/mol. The summed E-state index contributed by atoms with van der Waals surface area (Å²) in [4.78, 5) is 91.7. The van der Waals surface area contributed by atoms with Gasteiger partial charge in [-0.25, -0.2) is 4.79 Å². The van der Waals surface area contributed by atoms with E-state index < -0.39 is 60.2 Å². The first-order valence-electron chi connectivity index (χ1n) is 44.1. The van der Waals surface area contributed by atoms with E-state index in [9.17, 15) is 42.9 Å². The van der Waals surface area contributed by atoms with Gasteiger partial charge >= 0.3 is 65.1 Å². The quantitative estimate of drug-likeness (QED) is 0.0187. The maximum Gasteiger partial charge on any atom is 1.00 e. The van der Waals surface area contributed by atoms with Crippen molar-refractivity contribution >= 4 is 45.3 Å². The minimum atomic E-state index is -4.95. The fraction of sp³-hybridized carbons (Fsp3) is 0.940. The average molecular weight is 1590 g/mol. The first-order valence-corrected chi connectivity index (χ1v) is 47.0. The van der Waals surface area contributed by atoms with Crippen LogP contribution in [-0.4, -0.2) is 120 Å². The number of hydrogen-bond donors (Lipinski definition) is 6. The number of urea groups is 1. The van der Waals surface area contributed by atoms with Gasteiger partial charge in [0.1, 0.15) is 0 Å². The number of carbonyl (C=O) groups excluding carboxylic acids is 5. The molecule has 0 saturated carbocycles. The van der Waals surface area contributed by atoms with E-state index in [0.717, 1.165) is 141 Å². The van der Waals surface area contributed by atoms with E-state index in [0.29, 0.717) is 38.5 Å². The molecule has 0 aromatic heterocycles. The molecule has 0 aromatic carbocycles. The molecule has 628 valence electrons. The minimum absolute atomic E-state index is 0. The summed E-state index contributed by atoms with van der Waals surface area (Å²) in [6.07, 6.45) is 61.7. The van der Waals surface area contributed by atoms with Crippen molar-refractivity contribution < 1.29 is 130 Å². The Morgan fingerprint density at radius 1 is 0.269 bits per heavy atom. The Labute approximate surface area is 705 Å². The van der Waals surface area contributed by atoms with E-state index in [4.69, 9.17) is 27.6 Å². The van der Waals surface area contributed by atoms with Crippen LogP contribution in [0.1, 0.15) is 414 Å². The molecule has 21 nitrogen and oxygen atoms in total. The Hall–Kier alpha value is -0.710. The van der Waals surface area contributed by atoms with E-state index >= 15 is 0 Å². The molecule has 25 heteroatoms. The van der Waals surface area contributed by atoms with Crippen LogP contribution in [-0.2, 0) is 55.9 Å². The van der Waals surface area contributed by atoms with Crippen LogP contribution < -0.4 is 101 Å². The van der Waals surface area contributed by atoms with E-state index in [1.807, 2.05) is 0 Å². The van der Waals surface area contributed by atoms with Gasteiger partial charge in [0, 0.05) is 64.1 Å². The predicted molar refractivity (Wildman–Crippen MR) is 432 cm³/mol. The zero-order valence-electron chi connectivity index (χ0n) is 70.9. The molecule has 0 heterocycles. The molecule has 6 atom stereocenters. The van der Waals surface area contributed by atoms with E-state index in [1.165, 1.54) is 180 Å². The van der Waals surface area contributed by atoms with Crippen molar-refractivity contribution in [2.45, 2.75) is 438 Å². The molecule has 0 saturated heterocycles. The molecule has 0 radical (unpaired) electrons. The first-order chi connectivity index (χ1) is 51.5. The van der Waals surface area contributed by atoms with Crippen molar-refractivity contribution in [2.75, 3.05) is 65.9 Å². The van der Waals surface area contributed by atoms with Crippen molar-refractivity contribution in [3.63, 3.8) is 0 Å². The van der Waals surface area contributed by atoms with Crippen LogP contribution in [0, 0.1) is 0 Å². The maximum absolute atomic E-state index is 13.3. The molecule has 6 amide bonds. The molecule has 0 aliphatic heterocycles. The summed E-state index contributed by atoms with van der Waals surface area (Å²) in [6.45, 7) is 11.4. The molecule has 0 aliphatic rings. The van der Waals surface area contributed by atoms with Crippen LogP contribution in [0.15, 0.2) is 0 Å². The van der Waals surface area contributed by atoms with Gasteiger partial charge in [-0.1, -0.05) is 337 Å². The van der Waals surface area contributed by atoms with Crippen LogP contribution in [0.25, 0.3) is 0 Å². The van der Waals surface area contributed by atoms with Gasteiger partial charge in [-0.15, -0.1) is 0 Å². The number of unbranched alkanes of at least 4 members (excludes halogenated alkanes) is 44. The minimum Gasteiger partial charge on any atom is -0.756 e. The maximum atomic E-state index is 13.3. The summed E-state index contributed by atoms with van der Waals surface area (Å²) in [5, 5.41) is 17.3. The summed E-state index contributed by atoms with van der Waals surface area (Å²) in [6, 6.07) is -2.55. The zero-order chi connectivity index (χ0) is 77.8. The van der Waals surface area contributed by atoms with Crippen LogP contribution in [0.3, 0.4) is 0 Å². The van der Waals surface area contributed by atoms with Gasteiger partial charge in [0.15, 0.2) is 0 Å². The van der Waals surface area contributed by atoms with E-state index in [1.54, 1.807) is 0 Å². The number of nitrogens with one attached hydrogen (secondary N) is 6. The van der Waals surface area contributed by atoms with E-state index in [2.05, 4.69) is 73.4 Å². The van der Waals surface area contributed by atoms with E-state index in [-0.39, 0.29) is 147 Å². The predicted octanol–water partition coefficient (Wildman–Crippen LogP) is 14.0. The Morgan fingerprint density at radius 3 is 0.722 bits per heavy atom. The molecular formula is C83H164N6Na2O15P2. The fourth-order valence-corrected chi connectivity index (χ4v) is 14.7. The molecule has 6 N–H and O–H groups in total. The van der Waals surface area contributed by atoms with Gasteiger partial charge < -0.3 is 69.3 Å². The summed E-state index contributed by atoms with van der Waals surface area (Å²) in [5.41, 5.74) is 0. The number of rotatable bonds is 84. The fourth-order valence-electron chi connectivity index (χ4n) is 13.2. The molecular weight excluding hydrogens is 1430 g/mol. The molecule has 0 spiro atoms. The SMILES string of the molecule is CCCCCCCCCCCCCC(=O)N[C@H](COCC[C@H](CCCCCCC)NC(=O)CCCCCCCCCCC)COP(=O)([O-])OCCNC(=O)NCCOP(=O)([O-])OC[C@@H](COCC[C@H](CCCCCCC)NC(=O)CCCCCCCCCCC)NC(=O)CCCCCCCCCCCCC.[Na+].[Na+]. The molecule has 0 rings (SSSR count). The number of phosphoric ester groups is 2. The van der Waals surface area contributed by atoms with Crippen molar-refractivity contribution in [1.82, 2.24) is 31.9 Å². The molecule has 2 unspecified atom stereocenters. The Morgan fingerprint density at radius 2 is 0.481 bits per heavy atom. The third-order valence-corrected chi connectivity index (χ3v) is 21.7. The van der Waals surface area contributed by atoms with Gasteiger partial charge in [0.2, 0.25) is 23.6 Å². The van der Waals surface area contributed by atoms with Crippen LogP contribution in [0.5, 0.6) is 0 Å². The van der Waals surface area contributed by atoms with Gasteiger partial charge in [0.05, 0.1) is 51.7 Å². The molecule has 0 fully saturated rings. The number of ether oxygens (including phenoxy) is 2. The first kappa shape index (κ1) is 111. The van der Waals surface area contributed by atoms with Crippen molar-refractivity contribution in [3.05, 3.63) is 0 Å². The van der Waals surface area contributed by atoms with Gasteiger partial charge in [-0.2, -0.15) is 0 Å². The van der Waals surface area contributed by atoms with Crippen molar-refractivity contribution in [1.29, 1.82) is 0 Å². The number of hydrogen-bond acceptors (Lipinski definition) is 15. The van der Waals surface area contributed by atoms with Gasteiger partial charge in [-0.3, -0.25) is 28.3 Å². The summed E-state index contributed by atoms with van der Waals surface area (Å²) in [7, 11) is -9.89. The van der Waals surface area contributed by atoms with Crippen LogP contribution in [0.4, 0.5) is 4.79 Å². The second-order valence-corrected chi connectivity index (χ2v) is 33.1. The van der Waals surface area contributed by atoms with Gasteiger partial charge in [-0.05, 0) is 51.4 Å². The summed E-state index contributed by atoms with van der Waals surface area (Å²) in [5.74, 6) is -0.382. The smallest absolute Gasteiger partial charge is 0.756 e. The normalized spacial score (nSPS) is 13.6. The number of amides is 6. The Balaban J connectivity index is -0.0000551. The largest absolute Gasteiger partial charge is 1.00 e. The topological polar surface area (TPSA) is 293 Å². The summed E-state index contributed by atoms with van der Waals surface area (Å²) < 4.78 is 59.0. The van der Waals surface area contributed by atoms with Crippen LogP contribution >= 0.6 is 15.6 Å². The van der Waals surface area contributed by atoms with Gasteiger partial charge in [0.25, 0.3) is 15.6 Å². The average Bonchev–Trinajstić information content (AvgIpc) is 0.915. The third-order valence-electron chi connectivity index (χ3n) is 19.8. The second kappa shape index (κ2) is 84.2. The molecule has 0 aliphatic carbocycles. The van der Waals surface area contributed by atoms with Crippen molar-refractivity contribution in [3.8, 4) is 0 Å². The number of carbonyl (C=O) groups is 5. The molecule has 0 bridgehead atoms. The van der Waals surface area contributed by atoms with Crippen LogP contribution in [0.2, 0.25) is 0 Å². The summed E-state index contributed by atoms with van der Waals surface area (Å²) >= 11 is 0. The number of phosphoric acid groups is 2. The Bertz CT molecular complexity index is 1980. The third kappa shape index (κ3) is 80.5. The Kier molecular flexibility index (Phi) is 86.9. The zero-order valence-corrected chi connectivity index (χ0v) is 76.7. The molecule has 108 heavy (non-hydrogen) atoms. The second-order valence-electron chi connectivity index (χ2n) is 30.3. The van der Waals surface area contributed by atoms with Crippen molar-refractivity contribution in [2.24, 2.45) is 0 Å². The molecule has 0 aromatic rings. The standard InChI is InChI=1S/C83H166N6O15P2.2Na/c1-7-13-19-25-29-33-35-39-43-49-55-61-81(92)88-77(71-99-67-63-75(57-51-45-23-17-11-5)86-79(90)59-53-47-41-37-31-27-21-15-9-3)73-103-105(95,96)101-69-65-84-83(94)85-66-70-102-106(97,98)104-74-78(89-82(93)62-56-50-44-40-36-34-30-26-20-14-8-2)72-100-68-64-76(58-52-46-24-18-12-6)87-80(91)60-54-48-42-38-32-28-22-16-10-4;;/h75-78H,7-74H2,1-6H3,(H,86,90)(H,87,91)(H,88,92)(H,89,93)(H,95,96)(H,97,98)(H2,84,85,94);;/q;2*+1/p-2/t75-,76-,77+,78+;;/m0../s1.